The Kier molecular flexibility index (Phi) is 7.15. The van der Waals surface area contributed by atoms with Crippen molar-refractivity contribution in [2.24, 2.45) is 11.8 Å². The summed E-state index contributed by atoms with van der Waals surface area (Å²) in [6.45, 7) is -0.0906. The Hall–Kier alpha value is -3.68. The molecule has 1 fully saturated rings. The van der Waals surface area contributed by atoms with Gasteiger partial charge in [-0.15, -0.1) is 0 Å². The lowest BCUT2D eigenvalue weighted by Gasteiger charge is -2.31. The molecule has 8 heteroatoms. The van der Waals surface area contributed by atoms with Gasteiger partial charge in [0.1, 0.15) is 13.2 Å². The molecule has 0 heterocycles. The Balaban J connectivity index is 1.40. The maximum atomic E-state index is 12.1. The Morgan fingerprint density at radius 3 is 1.33 bits per heavy atom. The van der Waals surface area contributed by atoms with Crippen LogP contribution in [0.2, 0.25) is 0 Å². The van der Waals surface area contributed by atoms with Gasteiger partial charge in [0.15, 0.2) is 0 Å². The van der Waals surface area contributed by atoms with E-state index >= 15 is 0 Å². The molecule has 0 N–H and O–H groups in total. The molecule has 0 radical (unpaired) electrons. The monoisotopic (exact) mass is 412 g/mol. The molecule has 2 aromatic rings. The van der Waals surface area contributed by atoms with Crippen molar-refractivity contribution in [3.8, 4) is 0 Å². The molecule has 0 spiro atoms. The van der Waals surface area contributed by atoms with Gasteiger partial charge >= 0.3 is 24.2 Å². The fraction of sp³-hybridized carbons (Fsp3) is 0.273. The van der Waals surface area contributed by atoms with Gasteiger partial charge in [-0.05, 0) is 24.0 Å². The molecule has 8 nitrogen and oxygen atoms in total. The largest absolute Gasteiger partial charge is 0.516 e. The molecule has 0 aliphatic heterocycles. The van der Waals surface area contributed by atoms with E-state index in [-0.39, 0.29) is 13.2 Å². The van der Waals surface area contributed by atoms with E-state index in [1.54, 1.807) is 48.5 Å². The summed E-state index contributed by atoms with van der Waals surface area (Å²) >= 11 is 0. The van der Waals surface area contributed by atoms with Crippen LogP contribution in [-0.2, 0) is 41.8 Å². The SMILES string of the molecule is O=C(OCc1ccccc1)OC(=O)C1CCC1C(=O)OC(=O)OCc1ccccc1. The minimum absolute atomic E-state index is 0.0453. The highest BCUT2D eigenvalue weighted by Crippen LogP contribution is 2.36. The topological polar surface area (TPSA) is 105 Å². The third-order valence-electron chi connectivity index (χ3n) is 4.65. The van der Waals surface area contributed by atoms with E-state index in [1.807, 2.05) is 12.1 Å². The quantitative estimate of drug-likeness (QED) is 0.521. The number of rotatable bonds is 6. The number of carbonyl (C=O) groups excluding carboxylic acids is 4. The zero-order valence-electron chi connectivity index (χ0n) is 16.0. The summed E-state index contributed by atoms with van der Waals surface area (Å²) in [7, 11) is 0. The van der Waals surface area contributed by atoms with Crippen LogP contribution in [0.3, 0.4) is 0 Å². The lowest BCUT2D eigenvalue weighted by molar-refractivity contribution is -0.163. The number of carbonyl (C=O) groups is 4. The number of hydrogen-bond acceptors (Lipinski definition) is 8. The second-order valence-corrected chi connectivity index (χ2v) is 6.68. The van der Waals surface area contributed by atoms with Gasteiger partial charge in [0.25, 0.3) is 0 Å². The molecule has 2 atom stereocenters. The molecular weight excluding hydrogens is 392 g/mol. The van der Waals surface area contributed by atoms with E-state index in [9.17, 15) is 19.2 Å². The van der Waals surface area contributed by atoms with Crippen molar-refractivity contribution in [1.29, 1.82) is 0 Å². The summed E-state index contributed by atoms with van der Waals surface area (Å²) in [6, 6.07) is 17.8. The van der Waals surface area contributed by atoms with Crippen molar-refractivity contribution in [3.63, 3.8) is 0 Å². The summed E-state index contributed by atoms with van der Waals surface area (Å²) < 4.78 is 19.0. The van der Waals surface area contributed by atoms with Crippen molar-refractivity contribution in [2.75, 3.05) is 0 Å². The van der Waals surface area contributed by atoms with Gasteiger partial charge in [-0.25, -0.2) is 9.59 Å². The highest BCUT2D eigenvalue weighted by atomic mass is 16.7. The average molecular weight is 412 g/mol. The predicted molar refractivity (Wildman–Crippen MR) is 102 cm³/mol. The van der Waals surface area contributed by atoms with Gasteiger partial charge in [0.05, 0.1) is 11.8 Å². The van der Waals surface area contributed by atoms with E-state index < -0.39 is 36.1 Å². The lowest BCUT2D eigenvalue weighted by Crippen LogP contribution is -2.41. The van der Waals surface area contributed by atoms with Crippen LogP contribution in [0.1, 0.15) is 24.0 Å². The molecule has 30 heavy (non-hydrogen) atoms. The van der Waals surface area contributed by atoms with Crippen LogP contribution >= 0.6 is 0 Å². The number of hydrogen-bond donors (Lipinski definition) is 0. The van der Waals surface area contributed by atoms with Crippen LogP contribution < -0.4 is 0 Å². The van der Waals surface area contributed by atoms with Crippen molar-refractivity contribution in [3.05, 3.63) is 71.8 Å². The first-order valence-electron chi connectivity index (χ1n) is 9.37. The summed E-state index contributed by atoms with van der Waals surface area (Å²) in [5.74, 6) is -3.52. The molecule has 1 aliphatic carbocycles. The first-order valence-corrected chi connectivity index (χ1v) is 9.37. The molecule has 0 aromatic heterocycles. The number of ether oxygens (including phenoxy) is 4. The lowest BCUT2D eigenvalue weighted by atomic mass is 9.74. The normalized spacial score (nSPS) is 17.2. The maximum absolute atomic E-state index is 12.1. The van der Waals surface area contributed by atoms with Crippen molar-refractivity contribution >= 4 is 24.2 Å². The first-order chi connectivity index (χ1) is 14.5. The second kappa shape index (κ2) is 10.2. The molecule has 2 aromatic carbocycles. The first kappa shape index (κ1) is 21.0. The molecule has 1 aliphatic rings. The van der Waals surface area contributed by atoms with Crippen LogP contribution in [0.25, 0.3) is 0 Å². The second-order valence-electron chi connectivity index (χ2n) is 6.68. The smallest absolute Gasteiger partial charge is 0.429 e. The summed E-state index contributed by atoms with van der Waals surface area (Å²) in [6.07, 6.45) is -1.62. The molecule has 156 valence electrons. The number of benzene rings is 2. The van der Waals surface area contributed by atoms with Crippen molar-refractivity contribution in [1.82, 2.24) is 0 Å². The van der Waals surface area contributed by atoms with Gasteiger partial charge in [0, 0.05) is 0 Å². The summed E-state index contributed by atoms with van der Waals surface area (Å²) in [5, 5.41) is 0. The van der Waals surface area contributed by atoms with E-state index in [4.69, 9.17) is 9.47 Å². The van der Waals surface area contributed by atoms with Crippen LogP contribution in [0.5, 0.6) is 0 Å². The van der Waals surface area contributed by atoms with Gasteiger partial charge in [0.2, 0.25) is 0 Å². The van der Waals surface area contributed by atoms with E-state index in [1.165, 1.54) is 0 Å². The van der Waals surface area contributed by atoms with Gasteiger partial charge in [-0.1, -0.05) is 60.7 Å². The highest BCUT2D eigenvalue weighted by molar-refractivity contribution is 5.91. The zero-order valence-corrected chi connectivity index (χ0v) is 16.0. The molecule has 0 amide bonds. The van der Waals surface area contributed by atoms with E-state index in [0.29, 0.717) is 12.8 Å². The number of esters is 2. The van der Waals surface area contributed by atoms with Gasteiger partial charge < -0.3 is 18.9 Å². The van der Waals surface area contributed by atoms with Gasteiger partial charge in [-0.2, -0.15) is 0 Å². The highest BCUT2D eigenvalue weighted by Gasteiger charge is 2.45. The Labute approximate surface area is 172 Å². The van der Waals surface area contributed by atoms with Crippen LogP contribution in [0.15, 0.2) is 60.7 Å². The third-order valence-corrected chi connectivity index (χ3v) is 4.65. The third kappa shape index (κ3) is 5.91. The summed E-state index contributed by atoms with van der Waals surface area (Å²) in [4.78, 5) is 47.6. The molecule has 0 saturated heterocycles. The van der Waals surface area contributed by atoms with Crippen LogP contribution in [0, 0.1) is 11.8 Å². The van der Waals surface area contributed by atoms with E-state index in [0.717, 1.165) is 11.1 Å². The molecule has 1 saturated carbocycles. The maximum Gasteiger partial charge on any atom is 0.516 e. The van der Waals surface area contributed by atoms with E-state index in [2.05, 4.69) is 9.47 Å². The molecule has 0 bridgehead atoms. The Morgan fingerprint density at radius 1 is 0.633 bits per heavy atom. The van der Waals surface area contributed by atoms with Crippen LogP contribution in [0.4, 0.5) is 9.59 Å². The molecule has 2 unspecified atom stereocenters. The van der Waals surface area contributed by atoms with Crippen LogP contribution in [-0.4, -0.2) is 24.2 Å². The fourth-order valence-corrected chi connectivity index (χ4v) is 2.87. The predicted octanol–water partition coefficient (Wildman–Crippen LogP) is 3.77. The Morgan fingerprint density at radius 2 is 1.00 bits per heavy atom. The van der Waals surface area contributed by atoms with Crippen molar-refractivity contribution in [2.45, 2.75) is 26.1 Å². The minimum Gasteiger partial charge on any atom is -0.429 e. The average Bonchev–Trinajstić information content (AvgIpc) is 2.71. The Bertz CT molecular complexity index is 818. The van der Waals surface area contributed by atoms with Crippen molar-refractivity contribution < 1.29 is 38.1 Å². The standard InChI is InChI=1S/C22H20O8/c23-19(29-21(25)27-13-15-7-3-1-4-8-15)17-11-12-18(17)20(24)30-22(26)28-14-16-9-5-2-6-10-16/h1-10,17-18H,11-14H2. The minimum atomic E-state index is -1.15. The molecule has 3 rings (SSSR count). The fourth-order valence-electron chi connectivity index (χ4n) is 2.87. The summed E-state index contributed by atoms with van der Waals surface area (Å²) in [5.41, 5.74) is 1.47. The van der Waals surface area contributed by atoms with Gasteiger partial charge in [-0.3, -0.25) is 9.59 Å². The molecular formula is C22H20O8. The zero-order chi connectivity index (χ0) is 21.3.